The standard InChI is InChI=1S/C44H26N2O2/c1-3-11-27(12-4-1)35-22-32(25-41-42(35)36-21-29-15-7-8-16-30(29)23-40(36)48-41)43-37(26-45-44(46-43)28-13-5-2-6-14-28)31-19-20-34-33-17-9-10-18-38(33)47-39(34)24-31/h1-26H. The highest BCUT2D eigenvalue weighted by atomic mass is 16.3. The van der Waals surface area contributed by atoms with Crippen molar-refractivity contribution in [3.8, 4) is 44.9 Å². The van der Waals surface area contributed by atoms with Crippen molar-refractivity contribution in [2.45, 2.75) is 0 Å². The summed E-state index contributed by atoms with van der Waals surface area (Å²) in [6.45, 7) is 0. The average molecular weight is 615 g/mol. The van der Waals surface area contributed by atoms with E-state index >= 15 is 0 Å². The highest BCUT2D eigenvalue weighted by Gasteiger charge is 2.20. The van der Waals surface area contributed by atoms with Crippen LogP contribution >= 0.6 is 0 Å². The van der Waals surface area contributed by atoms with E-state index in [2.05, 4.69) is 103 Å². The molecule has 0 radical (unpaired) electrons. The van der Waals surface area contributed by atoms with E-state index in [-0.39, 0.29) is 0 Å². The van der Waals surface area contributed by atoms with Gasteiger partial charge in [-0.2, -0.15) is 0 Å². The summed E-state index contributed by atoms with van der Waals surface area (Å²) in [7, 11) is 0. The Labute approximate surface area is 275 Å². The van der Waals surface area contributed by atoms with Crippen LogP contribution in [-0.2, 0) is 0 Å². The second-order valence-corrected chi connectivity index (χ2v) is 12.2. The van der Waals surface area contributed by atoms with E-state index in [1.54, 1.807) is 0 Å². The van der Waals surface area contributed by atoms with Crippen LogP contribution in [-0.4, -0.2) is 9.97 Å². The molecule has 10 aromatic rings. The second kappa shape index (κ2) is 10.5. The van der Waals surface area contributed by atoms with Crippen molar-refractivity contribution >= 4 is 54.6 Å². The van der Waals surface area contributed by atoms with Gasteiger partial charge in [0.2, 0.25) is 0 Å². The highest BCUT2D eigenvalue weighted by Crippen LogP contribution is 2.43. The fraction of sp³-hybridized carbons (Fsp3) is 0. The van der Waals surface area contributed by atoms with E-state index in [0.717, 1.165) is 88.3 Å². The summed E-state index contributed by atoms with van der Waals surface area (Å²) in [6.07, 6.45) is 1.94. The van der Waals surface area contributed by atoms with Crippen LogP contribution in [0.5, 0.6) is 0 Å². The molecular formula is C44H26N2O2. The van der Waals surface area contributed by atoms with E-state index < -0.39 is 0 Å². The molecule has 0 saturated carbocycles. The topological polar surface area (TPSA) is 52.1 Å². The van der Waals surface area contributed by atoms with Gasteiger partial charge in [0.1, 0.15) is 22.3 Å². The number of benzene rings is 7. The van der Waals surface area contributed by atoms with Gasteiger partial charge in [-0.1, -0.05) is 109 Å². The minimum atomic E-state index is 0.663. The first-order valence-electron chi connectivity index (χ1n) is 16.1. The molecule has 4 nitrogen and oxygen atoms in total. The van der Waals surface area contributed by atoms with E-state index in [9.17, 15) is 0 Å². The Bertz CT molecular complexity index is 2830. The zero-order valence-corrected chi connectivity index (χ0v) is 25.7. The Morgan fingerprint density at radius 3 is 1.88 bits per heavy atom. The summed E-state index contributed by atoms with van der Waals surface area (Å²) < 4.78 is 13.0. The highest BCUT2D eigenvalue weighted by molar-refractivity contribution is 6.17. The summed E-state index contributed by atoms with van der Waals surface area (Å²) in [5.74, 6) is 0.663. The minimum absolute atomic E-state index is 0.663. The van der Waals surface area contributed by atoms with Gasteiger partial charge in [-0.25, -0.2) is 9.97 Å². The number of rotatable bonds is 4. The third kappa shape index (κ3) is 4.24. The maximum absolute atomic E-state index is 6.68. The third-order valence-electron chi connectivity index (χ3n) is 9.31. The lowest BCUT2D eigenvalue weighted by Gasteiger charge is -2.13. The van der Waals surface area contributed by atoms with Crippen LogP contribution in [0.25, 0.3) is 99.5 Å². The van der Waals surface area contributed by atoms with Crippen molar-refractivity contribution < 1.29 is 8.83 Å². The van der Waals surface area contributed by atoms with E-state index in [0.29, 0.717) is 5.82 Å². The van der Waals surface area contributed by atoms with Gasteiger partial charge >= 0.3 is 0 Å². The van der Waals surface area contributed by atoms with Gasteiger partial charge in [0.15, 0.2) is 5.82 Å². The Morgan fingerprint density at radius 2 is 1.04 bits per heavy atom. The van der Waals surface area contributed by atoms with Crippen molar-refractivity contribution in [3.63, 3.8) is 0 Å². The molecule has 0 atom stereocenters. The number of nitrogens with zero attached hydrogens (tertiary/aromatic N) is 2. The average Bonchev–Trinajstić information content (AvgIpc) is 3.71. The predicted octanol–water partition coefficient (Wildman–Crippen LogP) is 12.1. The molecule has 10 rings (SSSR count). The van der Waals surface area contributed by atoms with Gasteiger partial charge in [0.25, 0.3) is 0 Å². The third-order valence-corrected chi connectivity index (χ3v) is 9.31. The molecule has 0 amide bonds. The van der Waals surface area contributed by atoms with Crippen LogP contribution in [0.4, 0.5) is 0 Å². The van der Waals surface area contributed by atoms with Crippen LogP contribution < -0.4 is 0 Å². The lowest BCUT2D eigenvalue weighted by Crippen LogP contribution is -1.96. The summed E-state index contributed by atoms with van der Waals surface area (Å²) in [6, 6.07) is 52.4. The molecule has 0 spiro atoms. The lowest BCUT2D eigenvalue weighted by molar-refractivity contribution is 0.669. The van der Waals surface area contributed by atoms with Gasteiger partial charge < -0.3 is 8.83 Å². The van der Waals surface area contributed by atoms with Crippen LogP contribution in [0.2, 0.25) is 0 Å². The van der Waals surface area contributed by atoms with Gasteiger partial charge in [-0.05, 0) is 69.9 Å². The molecule has 4 heteroatoms. The largest absolute Gasteiger partial charge is 0.456 e. The van der Waals surface area contributed by atoms with Crippen molar-refractivity contribution in [3.05, 3.63) is 158 Å². The van der Waals surface area contributed by atoms with Gasteiger partial charge in [0, 0.05) is 44.4 Å². The van der Waals surface area contributed by atoms with Crippen molar-refractivity contribution in [1.82, 2.24) is 9.97 Å². The number of aromatic nitrogens is 2. The normalized spacial score (nSPS) is 11.8. The Hall–Kier alpha value is -6.52. The van der Waals surface area contributed by atoms with Gasteiger partial charge in [-0.15, -0.1) is 0 Å². The molecule has 224 valence electrons. The molecule has 0 N–H and O–H groups in total. The SMILES string of the molecule is c1ccc(-c2ncc(-c3ccc4c(c3)oc3ccccc34)c(-c3cc(-c4ccccc4)c4c(c3)oc3cc5ccccc5cc34)n2)cc1. The van der Waals surface area contributed by atoms with Crippen molar-refractivity contribution in [2.24, 2.45) is 0 Å². The van der Waals surface area contributed by atoms with Crippen molar-refractivity contribution in [2.75, 3.05) is 0 Å². The van der Waals surface area contributed by atoms with Crippen LogP contribution in [0, 0.1) is 0 Å². The Morgan fingerprint density at radius 1 is 0.396 bits per heavy atom. The Kier molecular flexibility index (Phi) is 5.84. The Balaban J connectivity index is 1.26. The summed E-state index contributed by atoms with van der Waals surface area (Å²) in [5.41, 5.74) is 10.2. The fourth-order valence-corrected chi connectivity index (χ4v) is 7.01. The van der Waals surface area contributed by atoms with E-state index in [4.69, 9.17) is 18.8 Å². The van der Waals surface area contributed by atoms with Gasteiger partial charge in [-0.3, -0.25) is 0 Å². The maximum Gasteiger partial charge on any atom is 0.159 e. The second-order valence-electron chi connectivity index (χ2n) is 12.2. The molecule has 3 heterocycles. The summed E-state index contributed by atoms with van der Waals surface area (Å²) in [4.78, 5) is 10.1. The quantitative estimate of drug-likeness (QED) is 0.198. The minimum Gasteiger partial charge on any atom is -0.456 e. The number of fused-ring (bicyclic) bond motifs is 7. The van der Waals surface area contributed by atoms with Crippen LogP contribution in [0.15, 0.2) is 167 Å². The first kappa shape index (κ1) is 26.7. The van der Waals surface area contributed by atoms with Crippen molar-refractivity contribution in [1.29, 1.82) is 0 Å². The molecule has 7 aromatic carbocycles. The van der Waals surface area contributed by atoms with Gasteiger partial charge in [0.05, 0.1) is 5.69 Å². The molecule has 0 aliphatic rings. The summed E-state index contributed by atoms with van der Waals surface area (Å²) in [5, 5.41) is 6.70. The number of hydrogen-bond acceptors (Lipinski definition) is 4. The smallest absolute Gasteiger partial charge is 0.159 e. The first-order chi connectivity index (χ1) is 23.8. The first-order valence-corrected chi connectivity index (χ1v) is 16.1. The molecular weight excluding hydrogens is 588 g/mol. The monoisotopic (exact) mass is 614 g/mol. The maximum atomic E-state index is 6.68. The van der Waals surface area contributed by atoms with Crippen LogP contribution in [0.3, 0.4) is 0 Å². The van der Waals surface area contributed by atoms with Crippen LogP contribution in [0.1, 0.15) is 0 Å². The fourth-order valence-electron chi connectivity index (χ4n) is 7.01. The predicted molar refractivity (Wildman–Crippen MR) is 196 cm³/mol. The molecule has 0 unspecified atom stereocenters. The zero-order chi connectivity index (χ0) is 31.6. The number of hydrogen-bond donors (Lipinski definition) is 0. The van der Waals surface area contributed by atoms with E-state index in [1.165, 1.54) is 5.39 Å². The molecule has 48 heavy (non-hydrogen) atoms. The number of para-hydroxylation sites is 1. The number of furan rings is 2. The summed E-state index contributed by atoms with van der Waals surface area (Å²) >= 11 is 0. The zero-order valence-electron chi connectivity index (χ0n) is 25.7. The molecule has 3 aromatic heterocycles. The van der Waals surface area contributed by atoms with E-state index in [1.807, 2.05) is 54.7 Å². The molecule has 0 aliphatic carbocycles. The molecule has 0 saturated heterocycles. The lowest BCUT2D eigenvalue weighted by atomic mass is 9.93. The molecule has 0 bridgehead atoms. The molecule has 0 aliphatic heterocycles. The molecule has 0 fully saturated rings.